The third-order valence-electron chi connectivity index (χ3n) is 2.97. The van der Waals surface area contributed by atoms with Gasteiger partial charge in [-0.15, -0.1) is 11.3 Å². The molecule has 0 bridgehead atoms. The molecule has 98 valence electrons. The van der Waals surface area contributed by atoms with Crippen LogP contribution >= 0.6 is 11.3 Å². The van der Waals surface area contributed by atoms with Gasteiger partial charge >= 0.3 is 0 Å². The Labute approximate surface area is 110 Å². The molecule has 1 fully saturated rings. The van der Waals surface area contributed by atoms with E-state index in [9.17, 15) is 14.7 Å². The number of β-amino-alcohol motifs (C(OH)–C–C–N with tert-alkyl or cyclic N) is 1. The lowest BCUT2D eigenvalue weighted by atomic mass is 10.3. The lowest BCUT2D eigenvalue weighted by Gasteiger charge is -2.21. The summed E-state index contributed by atoms with van der Waals surface area (Å²) in [6, 6.07) is 3.55. The zero-order valence-electron chi connectivity index (χ0n) is 10.2. The normalized spacial score (nSPS) is 19.0. The van der Waals surface area contributed by atoms with Crippen LogP contribution in [0.3, 0.4) is 0 Å². The van der Waals surface area contributed by atoms with Gasteiger partial charge in [-0.2, -0.15) is 0 Å². The Hall–Kier alpha value is -1.40. The lowest BCUT2D eigenvalue weighted by molar-refractivity contribution is -0.130. The second-order valence-corrected chi connectivity index (χ2v) is 5.37. The molecule has 1 N–H and O–H groups in total. The van der Waals surface area contributed by atoms with Gasteiger partial charge in [-0.25, -0.2) is 0 Å². The van der Waals surface area contributed by atoms with E-state index in [1.54, 1.807) is 18.0 Å². The van der Waals surface area contributed by atoms with Crippen molar-refractivity contribution >= 4 is 23.2 Å². The topological polar surface area (TPSA) is 60.9 Å². The highest BCUT2D eigenvalue weighted by molar-refractivity contribution is 7.12. The Morgan fingerprint density at radius 2 is 2.39 bits per heavy atom. The molecule has 18 heavy (non-hydrogen) atoms. The van der Waals surface area contributed by atoms with Gasteiger partial charge in [0, 0.05) is 20.1 Å². The predicted molar refractivity (Wildman–Crippen MR) is 68.5 cm³/mol. The number of amides is 2. The minimum absolute atomic E-state index is 0.0590. The van der Waals surface area contributed by atoms with E-state index in [0.717, 1.165) is 0 Å². The number of nitrogens with zero attached hydrogens (tertiary/aromatic N) is 2. The Bertz CT molecular complexity index is 433. The van der Waals surface area contributed by atoms with Gasteiger partial charge in [0.05, 0.1) is 17.5 Å². The minimum atomic E-state index is -0.424. The summed E-state index contributed by atoms with van der Waals surface area (Å²) in [6.45, 7) is 1.00. The van der Waals surface area contributed by atoms with Crippen molar-refractivity contribution in [3.8, 4) is 0 Å². The van der Waals surface area contributed by atoms with E-state index in [-0.39, 0.29) is 18.4 Å². The first-order valence-electron chi connectivity index (χ1n) is 5.82. The van der Waals surface area contributed by atoms with E-state index >= 15 is 0 Å². The van der Waals surface area contributed by atoms with Crippen LogP contribution in [0.4, 0.5) is 0 Å². The maximum atomic E-state index is 11.9. The smallest absolute Gasteiger partial charge is 0.264 e. The van der Waals surface area contributed by atoms with E-state index in [1.165, 1.54) is 16.2 Å². The number of hydrogen-bond acceptors (Lipinski definition) is 4. The molecule has 2 amide bonds. The van der Waals surface area contributed by atoms with Crippen LogP contribution < -0.4 is 0 Å². The fourth-order valence-electron chi connectivity index (χ4n) is 1.93. The molecule has 0 radical (unpaired) electrons. The maximum absolute atomic E-state index is 11.9. The summed E-state index contributed by atoms with van der Waals surface area (Å²) >= 11 is 1.36. The molecular formula is C12H16N2O3S. The first-order valence-corrected chi connectivity index (χ1v) is 6.70. The van der Waals surface area contributed by atoms with Crippen molar-refractivity contribution in [2.75, 3.05) is 26.7 Å². The number of thiophene rings is 1. The number of carbonyl (C=O) groups is 2. The predicted octanol–water partition coefficient (Wildman–Crippen LogP) is 0.413. The van der Waals surface area contributed by atoms with E-state index in [0.29, 0.717) is 24.4 Å². The summed E-state index contributed by atoms with van der Waals surface area (Å²) in [5.74, 6) is -0.253. The summed E-state index contributed by atoms with van der Waals surface area (Å²) in [5, 5.41) is 11.2. The number of rotatable bonds is 3. The Morgan fingerprint density at radius 3 is 2.94 bits per heavy atom. The number of likely N-dealkylation sites (N-methyl/N-ethyl adjacent to an activating group) is 1. The van der Waals surface area contributed by atoms with Crippen LogP contribution in [0.1, 0.15) is 16.1 Å². The Balaban J connectivity index is 1.89. The quantitative estimate of drug-likeness (QED) is 0.864. The van der Waals surface area contributed by atoms with Gasteiger partial charge in [-0.3, -0.25) is 9.59 Å². The fourth-order valence-corrected chi connectivity index (χ4v) is 2.65. The van der Waals surface area contributed by atoms with Crippen molar-refractivity contribution in [2.45, 2.75) is 12.5 Å². The highest BCUT2D eigenvalue weighted by Gasteiger charge is 2.26. The average molecular weight is 268 g/mol. The van der Waals surface area contributed by atoms with Gasteiger partial charge in [-0.05, 0) is 17.9 Å². The molecule has 2 rings (SSSR count). The van der Waals surface area contributed by atoms with Gasteiger partial charge < -0.3 is 14.9 Å². The largest absolute Gasteiger partial charge is 0.391 e. The number of likely N-dealkylation sites (tertiary alicyclic amines) is 1. The number of aliphatic hydroxyl groups excluding tert-OH is 1. The molecule has 1 aliphatic rings. The summed E-state index contributed by atoms with van der Waals surface area (Å²) in [4.78, 5) is 27.5. The van der Waals surface area contributed by atoms with Gasteiger partial charge in [0.1, 0.15) is 0 Å². The zero-order chi connectivity index (χ0) is 13.1. The molecule has 0 unspecified atom stereocenters. The maximum Gasteiger partial charge on any atom is 0.264 e. The van der Waals surface area contributed by atoms with Crippen LogP contribution in [0.25, 0.3) is 0 Å². The van der Waals surface area contributed by atoms with Crippen molar-refractivity contribution in [3.63, 3.8) is 0 Å². The van der Waals surface area contributed by atoms with E-state index in [2.05, 4.69) is 0 Å². The van der Waals surface area contributed by atoms with Crippen LogP contribution in [0, 0.1) is 0 Å². The second kappa shape index (κ2) is 5.49. The van der Waals surface area contributed by atoms with E-state index in [1.807, 2.05) is 11.4 Å². The van der Waals surface area contributed by atoms with Gasteiger partial charge in [-0.1, -0.05) is 6.07 Å². The van der Waals surface area contributed by atoms with Crippen molar-refractivity contribution < 1.29 is 14.7 Å². The summed E-state index contributed by atoms with van der Waals surface area (Å²) in [6.07, 6.45) is 0.196. The molecule has 0 spiro atoms. The molecule has 6 heteroatoms. The minimum Gasteiger partial charge on any atom is -0.391 e. The van der Waals surface area contributed by atoms with Crippen LogP contribution in [0.5, 0.6) is 0 Å². The van der Waals surface area contributed by atoms with Crippen molar-refractivity contribution in [1.82, 2.24) is 9.80 Å². The Kier molecular flexibility index (Phi) is 3.98. The molecular weight excluding hydrogens is 252 g/mol. The van der Waals surface area contributed by atoms with Crippen LogP contribution in [-0.4, -0.2) is 59.5 Å². The lowest BCUT2D eigenvalue weighted by Crippen LogP contribution is -2.40. The van der Waals surface area contributed by atoms with Crippen molar-refractivity contribution in [1.29, 1.82) is 0 Å². The molecule has 1 aromatic rings. The monoisotopic (exact) mass is 268 g/mol. The number of hydrogen-bond donors (Lipinski definition) is 1. The molecule has 0 saturated carbocycles. The molecule has 1 aliphatic heterocycles. The average Bonchev–Trinajstić information content (AvgIpc) is 2.98. The second-order valence-electron chi connectivity index (χ2n) is 4.42. The molecule has 1 aromatic heterocycles. The highest BCUT2D eigenvalue weighted by Crippen LogP contribution is 2.12. The van der Waals surface area contributed by atoms with Crippen molar-refractivity contribution in [3.05, 3.63) is 22.4 Å². The number of carbonyl (C=O) groups excluding carboxylic acids is 2. The van der Waals surface area contributed by atoms with Crippen LogP contribution in [-0.2, 0) is 4.79 Å². The molecule has 5 nitrogen and oxygen atoms in total. The molecule has 1 saturated heterocycles. The zero-order valence-corrected chi connectivity index (χ0v) is 11.0. The fraction of sp³-hybridized carbons (Fsp3) is 0.500. The first kappa shape index (κ1) is 13.0. The summed E-state index contributed by atoms with van der Waals surface area (Å²) in [5.41, 5.74) is 0. The Morgan fingerprint density at radius 1 is 1.61 bits per heavy atom. The third kappa shape index (κ3) is 2.88. The first-order chi connectivity index (χ1) is 8.58. The molecule has 0 aromatic carbocycles. The standard InChI is InChI=1S/C12H16N2O3S/c1-13(12(17)10-3-2-6-18-10)8-11(16)14-5-4-9(15)7-14/h2-3,6,9,15H,4-5,7-8H2,1H3/t9-/m1/s1. The van der Waals surface area contributed by atoms with Gasteiger partial charge in [0.2, 0.25) is 5.91 Å². The summed E-state index contributed by atoms with van der Waals surface area (Å²) in [7, 11) is 1.62. The molecule has 0 aliphatic carbocycles. The molecule has 2 heterocycles. The third-order valence-corrected chi connectivity index (χ3v) is 3.83. The van der Waals surface area contributed by atoms with Crippen molar-refractivity contribution in [2.24, 2.45) is 0 Å². The number of aliphatic hydroxyl groups is 1. The SMILES string of the molecule is CN(CC(=O)N1CC[C@@H](O)C1)C(=O)c1cccs1. The van der Waals surface area contributed by atoms with Gasteiger partial charge in [0.25, 0.3) is 5.91 Å². The van der Waals surface area contributed by atoms with Gasteiger partial charge in [0.15, 0.2) is 0 Å². The van der Waals surface area contributed by atoms with Crippen LogP contribution in [0.2, 0.25) is 0 Å². The molecule has 1 atom stereocenters. The van der Waals surface area contributed by atoms with E-state index in [4.69, 9.17) is 0 Å². The van der Waals surface area contributed by atoms with Crippen LogP contribution in [0.15, 0.2) is 17.5 Å². The van der Waals surface area contributed by atoms with E-state index < -0.39 is 6.10 Å². The summed E-state index contributed by atoms with van der Waals surface area (Å²) < 4.78 is 0. The highest BCUT2D eigenvalue weighted by atomic mass is 32.1.